The number of aryl methyl sites for hydroxylation is 1. The van der Waals surface area contributed by atoms with E-state index in [1.807, 2.05) is 6.08 Å². The van der Waals surface area contributed by atoms with Crippen LogP contribution in [0.15, 0.2) is 24.3 Å². The number of ketones is 1. The van der Waals surface area contributed by atoms with Gasteiger partial charge in [0, 0.05) is 6.42 Å². The first-order chi connectivity index (χ1) is 6.79. The van der Waals surface area contributed by atoms with Gasteiger partial charge in [0.25, 0.3) is 0 Å². The first-order valence-corrected chi connectivity index (χ1v) is 5.12. The van der Waals surface area contributed by atoms with Crippen molar-refractivity contribution < 1.29 is 4.79 Å². The minimum absolute atomic E-state index is 0.209. The predicted molar refractivity (Wildman–Crippen MR) is 58.2 cm³/mol. The minimum atomic E-state index is 0.209. The van der Waals surface area contributed by atoms with Gasteiger partial charge in [-0.1, -0.05) is 37.6 Å². The molecule has 1 aromatic carbocycles. The second-order valence-electron chi connectivity index (χ2n) is 3.76. The quantitative estimate of drug-likeness (QED) is 0.694. The molecule has 0 heterocycles. The van der Waals surface area contributed by atoms with Gasteiger partial charge in [-0.05, 0) is 29.2 Å². The van der Waals surface area contributed by atoms with Crippen LogP contribution in [0.5, 0.6) is 0 Å². The Hall–Kier alpha value is -1.37. The summed E-state index contributed by atoms with van der Waals surface area (Å²) in [4.78, 5) is 11.1. The third kappa shape index (κ3) is 1.77. The van der Waals surface area contributed by atoms with Crippen LogP contribution in [0, 0.1) is 0 Å². The number of benzene rings is 1. The van der Waals surface area contributed by atoms with E-state index in [4.69, 9.17) is 0 Å². The highest BCUT2D eigenvalue weighted by Gasteiger charge is 2.09. The second kappa shape index (κ2) is 3.79. The molecule has 14 heavy (non-hydrogen) atoms. The molecule has 0 atom stereocenters. The van der Waals surface area contributed by atoms with E-state index in [2.05, 4.69) is 25.1 Å². The van der Waals surface area contributed by atoms with Crippen molar-refractivity contribution in [3.63, 3.8) is 0 Å². The highest BCUT2D eigenvalue weighted by Crippen LogP contribution is 2.19. The van der Waals surface area contributed by atoms with Gasteiger partial charge in [-0.25, -0.2) is 0 Å². The second-order valence-corrected chi connectivity index (χ2v) is 3.76. The summed E-state index contributed by atoms with van der Waals surface area (Å²) >= 11 is 0. The first kappa shape index (κ1) is 9.20. The molecule has 1 aliphatic carbocycles. The average Bonchev–Trinajstić information content (AvgIpc) is 2.19. The summed E-state index contributed by atoms with van der Waals surface area (Å²) in [5.41, 5.74) is 3.75. The van der Waals surface area contributed by atoms with Crippen LogP contribution in [0.4, 0.5) is 0 Å². The number of carbonyl (C=O) groups excluding carboxylic acids is 1. The lowest BCUT2D eigenvalue weighted by molar-refractivity contribution is -0.114. The fourth-order valence-corrected chi connectivity index (χ4v) is 1.83. The molecule has 0 radical (unpaired) electrons. The zero-order valence-corrected chi connectivity index (χ0v) is 8.42. The first-order valence-electron chi connectivity index (χ1n) is 5.12. The molecule has 0 spiro atoms. The van der Waals surface area contributed by atoms with Gasteiger partial charge in [0.2, 0.25) is 0 Å². The van der Waals surface area contributed by atoms with Crippen molar-refractivity contribution in [3.05, 3.63) is 41.0 Å². The Morgan fingerprint density at radius 2 is 2.14 bits per heavy atom. The molecule has 0 bridgehead atoms. The lowest BCUT2D eigenvalue weighted by Gasteiger charge is -2.10. The molecule has 0 amide bonds. The van der Waals surface area contributed by atoms with Crippen molar-refractivity contribution in [1.29, 1.82) is 0 Å². The third-order valence-electron chi connectivity index (χ3n) is 2.56. The highest BCUT2D eigenvalue weighted by atomic mass is 16.1. The molecule has 0 fully saturated rings. The van der Waals surface area contributed by atoms with Crippen LogP contribution in [-0.4, -0.2) is 5.78 Å². The van der Waals surface area contributed by atoms with E-state index in [0.29, 0.717) is 6.42 Å². The SMILES string of the molecule is CCCc1ccc2c(c1)C=CC(=O)C2. The molecule has 2 rings (SSSR count). The van der Waals surface area contributed by atoms with E-state index in [1.54, 1.807) is 6.08 Å². The largest absolute Gasteiger partial charge is 0.294 e. The smallest absolute Gasteiger partial charge is 0.160 e. The molecular formula is C13H14O. The van der Waals surface area contributed by atoms with Crippen molar-refractivity contribution in [3.8, 4) is 0 Å². The number of hydrogen-bond acceptors (Lipinski definition) is 1. The summed E-state index contributed by atoms with van der Waals surface area (Å²) in [6, 6.07) is 6.41. The molecule has 0 aromatic heterocycles. The topological polar surface area (TPSA) is 17.1 Å². The van der Waals surface area contributed by atoms with Crippen molar-refractivity contribution in [1.82, 2.24) is 0 Å². The Kier molecular flexibility index (Phi) is 2.49. The number of allylic oxidation sites excluding steroid dienone is 1. The van der Waals surface area contributed by atoms with E-state index >= 15 is 0 Å². The summed E-state index contributed by atoms with van der Waals surface area (Å²) in [5.74, 6) is 0.209. The summed E-state index contributed by atoms with van der Waals surface area (Å²) in [6.45, 7) is 2.18. The van der Waals surface area contributed by atoms with Crippen LogP contribution in [0.1, 0.15) is 30.0 Å². The maximum atomic E-state index is 11.1. The van der Waals surface area contributed by atoms with E-state index < -0.39 is 0 Å². The monoisotopic (exact) mass is 186 g/mol. The Bertz CT molecular complexity index is 388. The van der Waals surface area contributed by atoms with Gasteiger partial charge < -0.3 is 0 Å². The van der Waals surface area contributed by atoms with Crippen LogP contribution < -0.4 is 0 Å². The normalized spacial score (nSPS) is 14.2. The maximum Gasteiger partial charge on any atom is 0.160 e. The van der Waals surface area contributed by atoms with Crippen LogP contribution >= 0.6 is 0 Å². The van der Waals surface area contributed by atoms with Crippen LogP contribution in [0.2, 0.25) is 0 Å². The molecule has 1 aliphatic rings. The third-order valence-corrected chi connectivity index (χ3v) is 2.56. The zero-order chi connectivity index (χ0) is 9.97. The summed E-state index contributed by atoms with van der Waals surface area (Å²) in [6.07, 6.45) is 6.47. The minimum Gasteiger partial charge on any atom is -0.294 e. The molecule has 1 heteroatoms. The number of hydrogen-bond donors (Lipinski definition) is 0. The van der Waals surface area contributed by atoms with Gasteiger partial charge in [-0.3, -0.25) is 4.79 Å². The Balaban J connectivity index is 2.34. The lowest BCUT2D eigenvalue weighted by Crippen LogP contribution is -2.05. The Morgan fingerprint density at radius 1 is 1.29 bits per heavy atom. The summed E-state index contributed by atoms with van der Waals surface area (Å²) in [7, 11) is 0. The molecule has 72 valence electrons. The molecule has 0 aliphatic heterocycles. The Labute approximate surface area is 84.5 Å². The lowest BCUT2D eigenvalue weighted by atomic mass is 9.94. The van der Waals surface area contributed by atoms with E-state index in [9.17, 15) is 4.79 Å². The Morgan fingerprint density at radius 3 is 2.93 bits per heavy atom. The molecular weight excluding hydrogens is 172 g/mol. The standard InChI is InChI=1S/C13H14O/c1-2-3-10-4-5-12-9-13(14)7-6-11(12)8-10/h4-8H,2-3,9H2,1H3. The van der Waals surface area contributed by atoms with Crippen LogP contribution in [0.25, 0.3) is 6.08 Å². The summed E-state index contributed by atoms with van der Waals surface area (Å²) in [5, 5.41) is 0. The molecule has 1 aromatic rings. The van der Waals surface area contributed by atoms with Gasteiger partial charge in [-0.2, -0.15) is 0 Å². The fraction of sp³-hybridized carbons (Fsp3) is 0.308. The number of carbonyl (C=O) groups is 1. The summed E-state index contributed by atoms with van der Waals surface area (Å²) < 4.78 is 0. The van der Waals surface area contributed by atoms with Gasteiger partial charge >= 0.3 is 0 Å². The number of rotatable bonds is 2. The van der Waals surface area contributed by atoms with Crippen molar-refractivity contribution >= 4 is 11.9 Å². The average molecular weight is 186 g/mol. The number of fused-ring (bicyclic) bond motifs is 1. The maximum absolute atomic E-state index is 11.1. The van der Waals surface area contributed by atoms with Crippen molar-refractivity contribution in [2.24, 2.45) is 0 Å². The molecule has 0 saturated carbocycles. The van der Waals surface area contributed by atoms with Crippen molar-refractivity contribution in [2.45, 2.75) is 26.2 Å². The molecule has 1 nitrogen and oxygen atoms in total. The predicted octanol–water partition coefficient (Wildman–Crippen LogP) is 2.78. The van der Waals surface area contributed by atoms with Crippen LogP contribution in [-0.2, 0) is 17.6 Å². The van der Waals surface area contributed by atoms with Crippen molar-refractivity contribution in [2.75, 3.05) is 0 Å². The zero-order valence-electron chi connectivity index (χ0n) is 8.42. The molecule has 0 N–H and O–H groups in total. The van der Waals surface area contributed by atoms with Gasteiger partial charge in [0.05, 0.1) is 0 Å². The fourth-order valence-electron chi connectivity index (χ4n) is 1.83. The van der Waals surface area contributed by atoms with Gasteiger partial charge in [-0.15, -0.1) is 0 Å². The highest BCUT2D eigenvalue weighted by molar-refractivity contribution is 5.98. The molecule has 0 unspecified atom stereocenters. The van der Waals surface area contributed by atoms with E-state index in [-0.39, 0.29) is 5.78 Å². The van der Waals surface area contributed by atoms with Crippen LogP contribution in [0.3, 0.4) is 0 Å². The van der Waals surface area contributed by atoms with Gasteiger partial charge in [0.1, 0.15) is 0 Å². The molecule has 0 saturated heterocycles. The van der Waals surface area contributed by atoms with E-state index in [0.717, 1.165) is 12.0 Å². The van der Waals surface area contributed by atoms with E-state index in [1.165, 1.54) is 17.5 Å². The van der Waals surface area contributed by atoms with Gasteiger partial charge in [0.15, 0.2) is 5.78 Å².